The molecule has 172 valence electrons. The fraction of sp³-hybridized carbons (Fsp3) is 0.200. The van der Waals surface area contributed by atoms with Gasteiger partial charge in [0.2, 0.25) is 0 Å². The average molecular weight is 453 g/mol. The molecule has 0 nitrogen and oxygen atoms in total. The highest BCUT2D eigenvalue weighted by Crippen LogP contribution is 2.56. The van der Waals surface area contributed by atoms with Gasteiger partial charge in [-0.25, -0.2) is 0 Å². The summed E-state index contributed by atoms with van der Waals surface area (Å²) in [5, 5.41) is 0. The van der Waals surface area contributed by atoms with Crippen LogP contribution in [0.4, 0.5) is 0 Å². The monoisotopic (exact) mass is 452 g/mol. The molecule has 6 rings (SSSR count). The Labute approximate surface area is 209 Å². The standard InChI is InChI=1S/C35H32/c1-24-19-26(3)32-28(21-24)15-17-34(32,30-11-7-5-8-12-30)23-35(31-13-9-6-10-14-31)18-16-29-22-25(2)20-27(4)33(29)35/h5-22H,23H2,1-4H3. The summed E-state index contributed by atoms with van der Waals surface area (Å²) >= 11 is 0. The normalized spacial score (nSPS) is 21.8. The van der Waals surface area contributed by atoms with Gasteiger partial charge in [0.05, 0.1) is 0 Å². The van der Waals surface area contributed by atoms with Crippen LogP contribution in [0.1, 0.15) is 62.1 Å². The minimum absolute atomic E-state index is 0.215. The van der Waals surface area contributed by atoms with Crippen LogP contribution in [0.15, 0.2) is 97.1 Å². The zero-order valence-corrected chi connectivity index (χ0v) is 21.1. The first-order chi connectivity index (χ1) is 16.9. The first-order valence-corrected chi connectivity index (χ1v) is 12.7. The molecule has 0 aliphatic heterocycles. The smallest absolute Gasteiger partial charge is 0.0408 e. The molecular weight excluding hydrogens is 420 g/mol. The average Bonchev–Trinajstić information content (AvgIpc) is 3.40. The van der Waals surface area contributed by atoms with Gasteiger partial charge in [-0.15, -0.1) is 0 Å². The number of rotatable bonds is 4. The van der Waals surface area contributed by atoms with Gasteiger partial charge in [-0.05, 0) is 78.6 Å². The molecule has 0 fully saturated rings. The van der Waals surface area contributed by atoms with E-state index in [-0.39, 0.29) is 10.8 Å². The zero-order chi connectivity index (χ0) is 24.2. The second kappa shape index (κ2) is 7.95. The van der Waals surface area contributed by atoms with E-state index in [1.54, 1.807) is 0 Å². The van der Waals surface area contributed by atoms with Gasteiger partial charge in [0.1, 0.15) is 0 Å². The molecule has 0 heteroatoms. The van der Waals surface area contributed by atoms with Gasteiger partial charge >= 0.3 is 0 Å². The van der Waals surface area contributed by atoms with Crippen molar-refractivity contribution in [2.24, 2.45) is 0 Å². The second-order valence-corrected chi connectivity index (χ2v) is 10.6. The summed E-state index contributed by atoms with van der Waals surface area (Å²) in [7, 11) is 0. The highest BCUT2D eigenvalue weighted by atomic mass is 14.5. The molecule has 0 bridgehead atoms. The Morgan fingerprint density at radius 2 is 0.914 bits per heavy atom. The maximum absolute atomic E-state index is 2.49. The number of hydrogen-bond acceptors (Lipinski definition) is 0. The summed E-state index contributed by atoms with van der Waals surface area (Å²) < 4.78 is 0. The number of aryl methyl sites for hydroxylation is 4. The van der Waals surface area contributed by atoms with Crippen molar-refractivity contribution >= 4 is 12.2 Å². The third-order valence-corrected chi connectivity index (χ3v) is 8.14. The molecule has 0 aromatic heterocycles. The Bertz CT molecular complexity index is 1370. The van der Waals surface area contributed by atoms with Crippen LogP contribution in [0.5, 0.6) is 0 Å². The van der Waals surface area contributed by atoms with Gasteiger partial charge in [0.25, 0.3) is 0 Å². The van der Waals surface area contributed by atoms with Crippen LogP contribution in [0.2, 0.25) is 0 Å². The Hall–Kier alpha value is -3.64. The highest BCUT2D eigenvalue weighted by molar-refractivity contribution is 5.75. The van der Waals surface area contributed by atoms with Crippen molar-refractivity contribution in [2.45, 2.75) is 44.9 Å². The molecule has 2 aliphatic rings. The van der Waals surface area contributed by atoms with E-state index in [0.717, 1.165) is 6.42 Å². The SMILES string of the molecule is Cc1cc(C)c2c(c1)C=CC2(CC1(c2ccccc2)C=Cc2cc(C)cc(C)c21)c1ccccc1. The Morgan fingerprint density at radius 1 is 0.514 bits per heavy atom. The fourth-order valence-electron chi connectivity index (χ4n) is 7.00. The van der Waals surface area contributed by atoms with Gasteiger partial charge in [-0.1, -0.05) is 120 Å². The first kappa shape index (κ1) is 21.9. The van der Waals surface area contributed by atoms with Crippen LogP contribution in [0, 0.1) is 27.7 Å². The largest absolute Gasteiger partial charge is 0.0689 e. The number of fused-ring (bicyclic) bond motifs is 2. The van der Waals surface area contributed by atoms with Gasteiger partial charge in [0.15, 0.2) is 0 Å². The summed E-state index contributed by atoms with van der Waals surface area (Å²) in [6, 6.07) is 31.7. The minimum atomic E-state index is -0.215. The molecule has 35 heavy (non-hydrogen) atoms. The van der Waals surface area contributed by atoms with E-state index in [4.69, 9.17) is 0 Å². The van der Waals surface area contributed by atoms with Crippen LogP contribution in [-0.4, -0.2) is 0 Å². The topological polar surface area (TPSA) is 0 Å². The molecular formula is C35H32. The fourth-order valence-corrected chi connectivity index (χ4v) is 7.00. The summed E-state index contributed by atoms with van der Waals surface area (Å²) in [6.07, 6.45) is 10.7. The lowest BCUT2D eigenvalue weighted by molar-refractivity contribution is 0.469. The molecule has 0 radical (unpaired) electrons. The third-order valence-electron chi connectivity index (χ3n) is 8.14. The molecule has 4 aromatic rings. The molecule has 0 amide bonds. The van der Waals surface area contributed by atoms with E-state index in [0.29, 0.717) is 0 Å². The lowest BCUT2D eigenvalue weighted by atomic mass is 9.60. The summed E-state index contributed by atoms with van der Waals surface area (Å²) in [5.74, 6) is 0. The van der Waals surface area contributed by atoms with E-state index in [9.17, 15) is 0 Å². The Kier molecular flexibility index (Phi) is 4.97. The first-order valence-electron chi connectivity index (χ1n) is 12.7. The lowest BCUT2D eigenvalue weighted by Gasteiger charge is -2.42. The molecule has 0 spiro atoms. The number of allylic oxidation sites excluding steroid dienone is 2. The van der Waals surface area contributed by atoms with Crippen molar-refractivity contribution in [3.8, 4) is 0 Å². The van der Waals surface area contributed by atoms with Crippen LogP contribution in [0.3, 0.4) is 0 Å². The van der Waals surface area contributed by atoms with Crippen LogP contribution < -0.4 is 0 Å². The van der Waals surface area contributed by atoms with E-state index < -0.39 is 0 Å². The molecule has 0 N–H and O–H groups in total. The van der Waals surface area contributed by atoms with Crippen LogP contribution in [-0.2, 0) is 10.8 Å². The zero-order valence-electron chi connectivity index (χ0n) is 21.1. The van der Waals surface area contributed by atoms with Crippen molar-refractivity contribution in [3.05, 3.63) is 153 Å². The van der Waals surface area contributed by atoms with E-state index in [2.05, 4.69) is 137 Å². The van der Waals surface area contributed by atoms with Crippen molar-refractivity contribution in [1.82, 2.24) is 0 Å². The van der Waals surface area contributed by atoms with Crippen LogP contribution in [0.25, 0.3) is 12.2 Å². The number of hydrogen-bond donors (Lipinski definition) is 0. The number of benzene rings is 4. The summed E-state index contributed by atoms with van der Waals surface area (Å²) in [4.78, 5) is 0. The lowest BCUT2D eigenvalue weighted by Crippen LogP contribution is -2.37. The summed E-state index contributed by atoms with van der Waals surface area (Å²) in [5.41, 5.74) is 13.3. The van der Waals surface area contributed by atoms with Crippen molar-refractivity contribution < 1.29 is 0 Å². The van der Waals surface area contributed by atoms with Gasteiger partial charge < -0.3 is 0 Å². The molecule has 2 aliphatic carbocycles. The van der Waals surface area contributed by atoms with Gasteiger partial charge in [0, 0.05) is 10.8 Å². The predicted octanol–water partition coefficient (Wildman–Crippen LogP) is 8.64. The molecule has 0 heterocycles. The van der Waals surface area contributed by atoms with Crippen molar-refractivity contribution in [3.63, 3.8) is 0 Å². The van der Waals surface area contributed by atoms with E-state index in [1.807, 2.05) is 0 Å². The predicted molar refractivity (Wildman–Crippen MR) is 149 cm³/mol. The Balaban J connectivity index is 1.66. The quantitative estimate of drug-likeness (QED) is 0.291. The van der Waals surface area contributed by atoms with Crippen molar-refractivity contribution in [2.75, 3.05) is 0 Å². The van der Waals surface area contributed by atoms with Crippen LogP contribution >= 0.6 is 0 Å². The molecule has 0 saturated heterocycles. The molecule has 2 unspecified atom stereocenters. The van der Waals surface area contributed by atoms with Gasteiger partial charge in [-0.2, -0.15) is 0 Å². The van der Waals surface area contributed by atoms with E-state index >= 15 is 0 Å². The van der Waals surface area contributed by atoms with Crippen molar-refractivity contribution in [1.29, 1.82) is 0 Å². The van der Waals surface area contributed by atoms with E-state index in [1.165, 1.54) is 55.6 Å². The highest BCUT2D eigenvalue weighted by Gasteiger charge is 2.48. The molecule has 2 atom stereocenters. The third kappa shape index (κ3) is 3.27. The van der Waals surface area contributed by atoms with Gasteiger partial charge in [-0.3, -0.25) is 0 Å². The molecule has 4 aromatic carbocycles. The minimum Gasteiger partial charge on any atom is -0.0689 e. The maximum atomic E-state index is 2.49. The molecule has 0 saturated carbocycles. The second-order valence-electron chi connectivity index (χ2n) is 10.6. The Morgan fingerprint density at radius 3 is 1.31 bits per heavy atom. The summed E-state index contributed by atoms with van der Waals surface area (Å²) in [6.45, 7) is 8.99. The maximum Gasteiger partial charge on any atom is 0.0408 e.